The average Bonchev–Trinajstić information content (AvgIpc) is 2.74. The van der Waals surface area contributed by atoms with Crippen LogP contribution in [-0.4, -0.2) is 21.5 Å². The fraction of sp³-hybridized carbons (Fsp3) is 0.200. The van der Waals surface area contributed by atoms with E-state index in [1.165, 1.54) is 0 Å². The quantitative estimate of drug-likeness (QED) is 0.893. The Morgan fingerprint density at radius 3 is 2.93 bits per heavy atom. The van der Waals surface area contributed by atoms with Crippen molar-refractivity contribution in [2.45, 2.75) is 6.42 Å². The third kappa shape index (κ3) is 3.06. The van der Waals surface area contributed by atoms with E-state index in [4.69, 9.17) is 0 Å². The molecule has 0 aromatic carbocycles. The summed E-state index contributed by atoms with van der Waals surface area (Å²) in [5.74, 6) is 0.887. The lowest BCUT2D eigenvalue weighted by molar-refractivity contribution is 0.968. The van der Waals surface area contributed by atoms with Crippen molar-refractivity contribution in [2.24, 2.45) is 0 Å². The van der Waals surface area contributed by atoms with Crippen molar-refractivity contribution in [3.8, 4) is 0 Å². The summed E-state index contributed by atoms with van der Waals surface area (Å²) in [7, 11) is 0. The van der Waals surface area contributed by atoms with E-state index in [0.717, 1.165) is 29.0 Å². The van der Waals surface area contributed by atoms with E-state index in [2.05, 4.69) is 36.2 Å². The minimum Gasteiger partial charge on any atom is -0.370 e. The number of H-pyrrole nitrogens is 1. The van der Waals surface area contributed by atoms with Crippen LogP contribution in [0, 0.1) is 0 Å². The van der Waals surface area contributed by atoms with Gasteiger partial charge in [0.25, 0.3) is 0 Å². The molecule has 0 bridgehead atoms. The molecule has 0 aliphatic carbocycles. The standard InChI is InChI=1S/C10H11BrN4/c11-8-1-2-10(14-5-8)13-4-3-9-6-12-7-15-9/h1-2,5-7H,3-4H2,(H,12,15)(H,13,14). The molecule has 0 unspecified atom stereocenters. The van der Waals surface area contributed by atoms with Gasteiger partial charge < -0.3 is 10.3 Å². The number of aromatic nitrogens is 3. The molecule has 0 radical (unpaired) electrons. The van der Waals surface area contributed by atoms with Crippen molar-refractivity contribution in [1.82, 2.24) is 15.0 Å². The Balaban J connectivity index is 1.81. The van der Waals surface area contributed by atoms with Gasteiger partial charge in [0.15, 0.2) is 0 Å². The van der Waals surface area contributed by atoms with Crippen molar-refractivity contribution in [2.75, 3.05) is 11.9 Å². The van der Waals surface area contributed by atoms with Gasteiger partial charge in [-0.05, 0) is 28.1 Å². The van der Waals surface area contributed by atoms with Crippen LogP contribution in [0.2, 0.25) is 0 Å². The van der Waals surface area contributed by atoms with Gasteiger partial charge in [-0.1, -0.05) is 0 Å². The molecule has 2 heterocycles. The molecule has 0 fully saturated rings. The molecule has 15 heavy (non-hydrogen) atoms. The highest BCUT2D eigenvalue weighted by molar-refractivity contribution is 9.10. The number of anilines is 1. The van der Waals surface area contributed by atoms with Gasteiger partial charge in [0.2, 0.25) is 0 Å². The largest absolute Gasteiger partial charge is 0.370 e. The Bertz CT molecular complexity index is 396. The van der Waals surface area contributed by atoms with Crippen molar-refractivity contribution in [3.05, 3.63) is 41.0 Å². The zero-order valence-electron chi connectivity index (χ0n) is 8.07. The molecule has 0 saturated heterocycles. The molecular formula is C10H11BrN4. The third-order valence-corrected chi connectivity index (χ3v) is 2.45. The van der Waals surface area contributed by atoms with Crippen molar-refractivity contribution in [3.63, 3.8) is 0 Å². The van der Waals surface area contributed by atoms with Crippen LogP contribution in [0.25, 0.3) is 0 Å². The summed E-state index contributed by atoms with van der Waals surface area (Å²) in [6.45, 7) is 0.844. The summed E-state index contributed by atoms with van der Waals surface area (Å²) < 4.78 is 0.988. The molecule has 0 amide bonds. The van der Waals surface area contributed by atoms with Crippen LogP contribution in [0.3, 0.4) is 0 Å². The normalized spacial score (nSPS) is 10.2. The third-order valence-electron chi connectivity index (χ3n) is 1.98. The number of nitrogens with zero attached hydrogens (tertiary/aromatic N) is 2. The van der Waals surface area contributed by atoms with E-state index in [-0.39, 0.29) is 0 Å². The predicted octanol–water partition coefficient (Wildman–Crippen LogP) is 2.22. The van der Waals surface area contributed by atoms with Crippen LogP contribution >= 0.6 is 15.9 Å². The highest BCUT2D eigenvalue weighted by atomic mass is 79.9. The first-order chi connectivity index (χ1) is 7.34. The maximum atomic E-state index is 4.21. The molecule has 2 N–H and O–H groups in total. The van der Waals surface area contributed by atoms with E-state index < -0.39 is 0 Å². The van der Waals surface area contributed by atoms with Gasteiger partial charge >= 0.3 is 0 Å². The Kier molecular flexibility index (Phi) is 3.34. The van der Waals surface area contributed by atoms with Crippen LogP contribution in [0.5, 0.6) is 0 Å². The van der Waals surface area contributed by atoms with Gasteiger partial charge in [-0.25, -0.2) is 9.97 Å². The molecule has 78 valence electrons. The zero-order chi connectivity index (χ0) is 10.5. The van der Waals surface area contributed by atoms with Crippen LogP contribution in [0.15, 0.2) is 35.3 Å². The number of imidazole rings is 1. The Morgan fingerprint density at radius 1 is 1.33 bits per heavy atom. The van der Waals surface area contributed by atoms with Crippen molar-refractivity contribution < 1.29 is 0 Å². The number of nitrogens with one attached hydrogen (secondary N) is 2. The smallest absolute Gasteiger partial charge is 0.125 e. The second-order valence-electron chi connectivity index (χ2n) is 3.12. The fourth-order valence-electron chi connectivity index (χ4n) is 1.23. The highest BCUT2D eigenvalue weighted by Crippen LogP contribution is 2.10. The summed E-state index contributed by atoms with van der Waals surface area (Å²) in [4.78, 5) is 11.2. The first kappa shape index (κ1) is 10.2. The Hall–Kier alpha value is -1.36. The van der Waals surface area contributed by atoms with Crippen LogP contribution in [0.4, 0.5) is 5.82 Å². The first-order valence-corrected chi connectivity index (χ1v) is 5.46. The number of hydrogen-bond acceptors (Lipinski definition) is 3. The minimum absolute atomic E-state index is 0.844. The monoisotopic (exact) mass is 266 g/mol. The number of aromatic amines is 1. The van der Waals surface area contributed by atoms with Gasteiger partial charge in [-0.3, -0.25) is 0 Å². The lowest BCUT2D eigenvalue weighted by Gasteiger charge is -2.03. The van der Waals surface area contributed by atoms with E-state index in [1.807, 2.05) is 18.3 Å². The van der Waals surface area contributed by atoms with E-state index >= 15 is 0 Å². The number of rotatable bonds is 4. The molecule has 0 aliphatic heterocycles. The summed E-state index contributed by atoms with van der Waals surface area (Å²) >= 11 is 3.34. The number of halogens is 1. The minimum atomic E-state index is 0.844. The summed E-state index contributed by atoms with van der Waals surface area (Å²) in [5.41, 5.74) is 1.12. The molecule has 2 aromatic rings. The molecule has 4 nitrogen and oxygen atoms in total. The maximum absolute atomic E-state index is 4.21. The number of pyridine rings is 1. The van der Waals surface area contributed by atoms with Gasteiger partial charge in [0.05, 0.1) is 6.33 Å². The Morgan fingerprint density at radius 2 is 2.27 bits per heavy atom. The Labute approximate surface area is 96.3 Å². The second-order valence-corrected chi connectivity index (χ2v) is 4.03. The molecular weight excluding hydrogens is 256 g/mol. The number of hydrogen-bond donors (Lipinski definition) is 2. The van der Waals surface area contributed by atoms with Gasteiger partial charge in [0, 0.05) is 35.5 Å². The lowest BCUT2D eigenvalue weighted by Crippen LogP contribution is -2.06. The summed E-state index contributed by atoms with van der Waals surface area (Å²) in [5, 5.41) is 3.23. The molecule has 2 rings (SSSR count). The zero-order valence-corrected chi connectivity index (χ0v) is 9.66. The van der Waals surface area contributed by atoms with Gasteiger partial charge in [-0.2, -0.15) is 0 Å². The van der Waals surface area contributed by atoms with Crippen LogP contribution in [-0.2, 0) is 6.42 Å². The molecule has 2 aromatic heterocycles. The van der Waals surface area contributed by atoms with E-state index in [9.17, 15) is 0 Å². The SMILES string of the molecule is Brc1ccc(NCCc2cnc[nH]2)nc1. The van der Waals surface area contributed by atoms with E-state index in [0.29, 0.717) is 0 Å². The topological polar surface area (TPSA) is 53.6 Å². The van der Waals surface area contributed by atoms with Crippen LogP contribution < -0.4 is 5.32 Å². The van der Waals surface area contributed by atoms with Crippen LogP contribution in [0.1, 0.15) is 5.69 Å². The summed E-state index contributed by atoms with van der Waals surface area (Å²) in [6, 6.07) is 3.91. The fourth-order valence-corrected chi connectivity index (χ4v) is 1.46. The molecule has 0 atom stereocenters. The van der Waals surface area contributed by atoms with Gasteiger partial charge in [0.1, 0.15) is 5.82 Å². The van der Waals surface area contributed by atoms with Crippen molar-refractivity contribution >= 4 is 21.7 Å². The maximum Gasteiger partial charge on any atom is 0.125 e. The first-order valence-electron chi connectivity index (χ1n) is 4.67. The van der Waals surface area contributed by atoms with Crippen molar-refractivity contribution in [1.29, 1.82) is 0 Å². The van der Waals surface area contributed by atoms with E-state index in [1.54, 1.807) is 12.5 Å². The molecule has 0 aliphatic rings. The summed E-state index contributed by atoms with van der Waals surface area (Å²) in [6.07, 6.45) is 6.21. The second kappa shape index (κ2) is 4.93. The predicted molar refractivity (Wildman–Crippen MR) is 62.7 cm³/mol. The molecule has 0 spiro atoms. The molecule has 5 heteroatoms. The lowest BCUT2D eigenvalue weighted by atomic mass is 10.3. The molecule has 0 saturated carbocycles. The highest BCUT2D eigenvalue weighted by Gasteiger charge is 1.95. The average molecular weight is 267 g/mol. The van der Waals surface area contributed by atoms with Gasteiger partial charge in [-0.15, -0.1) is 0 Å².